The third-order valence-corrected chi connectivity index (χ3v) is 1.71. The zero-order valence-corrected chi connectivity index (χ0v) is 8.41. The first-order chi connectivity index (χ1) is 6.81. The van der Waals surface area contributed by atoms with Gasteiger partial charge in [0.1, 0.15) is 17.2 Å². The lowest BCUT2D eigenvalue weighted by Crippen LogP contribution is -1.84. The third-order valence-electron chi connectivity index (χ3n) is 1.71. The quantitative estimate of drug-likeness (QED) is 0.733. The molecule has 0 saturated carbocycles. The molecule has 0 aliphatic rings. The van der Waals surface area contributed by atoms with Crippen LogP contribution >= 0.6 is 0 Å². The Labute approximate surface area is 83.2 Å². The molecule has 0 N–H and O–H groups in total. The van der Waals surface area contributed by atoms with E-state index in [4.69, 9.17) is 14.4 Å². The highest BCUT2D eigenvalue weighted by Crippen LogP contribution is 2.20. The number of fused-ring (bicyclic) bond motifs is 2. The molecule has 0 unspecified atom stereocenters. The van der Waals surface area contributed by atoms with E-state index in [1.54, 1.807) is 12.1 Å². The molecule has 2 bridgehead atoms. The highest BCUT2D eigenvalue weighted by atomic mass is 16.5. The van der Waals surface area contributed by atoms with Crippen molar-refractivity contribution in [3.63, 3.8) is 0 Å². The Bertz CT molecular complexity index is 398. The van der Waals surface area contributed by atoms with Gasteiger partial charge in [-0.05, 0) is 26.0 Å². The van der Waals surface area contributed by atoms with Crippen LogP contribution in [-0.2, 0) is 4.74 Å². The molecule has 0 spiro atoms. The minimum absolute atomic E-state index is 0.632. The summed E-state index contributed by atoms with van der Waals surface area (Å²) in [6.45, 7) is 5.67. The number of nitriles is 1. The van der Waals surface area contributed by atoms with Gasteiger partial charge in [-0.25, -0.2) is 0 Å². The van der Waals surface area contributed by atoms with Crippen molar-refractivity contribution < 1.29 is 9.15 Å². The van der Waals surface area contributed by atoms with Crippen molar-refractivity contribution in [2.45, 2.75) is 13.8 Å². The highest BCUT2D eigenvalue weighted by Gasteiger charge is 2.03. The van der Waals surface area contributed by atoms with Gasteiger partial charge in [0, 0.05) is 19.3 Å². The minimum atomic E-state index is 0.632. The predicted molar refractivity (Wildman–Crippen MR) is 54.3 cm³/mol. The summed E-state index contributed by atoms with van der Waals surface area (Å²) < 4.78 is 9.92. The molecule has 2 rings (SSSR count). The van der Waals surface area contributed by atoms with E-state index < -0.39 is 0 Å². The molecule has 0 aliphatic carbocycles. The van der Waals surface area contributed by atoms with Crippen LogP contribution in [0.1, 0.15) is 19.4 Å². The first-order valence-corrected chi connectivity index (χ1v) is 4.61. The largest absolute Gasteiger partial charge is 0.456 e. The van der Waals surface area contributed by atoms with Gasteiger partial charge in [-0.2, -0.15) is 5.26 Å². The Morgan fingerprint density at radius 1 is 1.36 bits per heavy atom. The summed E-state index contributed by atoms with van der Waals surface area (Å²) in [5, 5.41) is 8.42. The molecular formula is C11H13NO2. The van der Waals surface area contributed by atoms with Crippen LogP contribution in [0.4, 0.5) is 0 Å². The molecule has 0 amide bonds. The fourth-order valence-electron chi connectivity index (χ4n) is 1.08. The Morgan fingerprint density at radius 2 is 2.07 bits per heavy atom. The lowest BCUT2D eigenvalue weighted by atomic mass is 10.2. The second-order valence-electron chi connectivity index (χ2n) is 2.65. The van der Waals surface area contributed by atoms with Crippen molar-refractivity contribution in [1.82, 2.24) is 0 Å². The van der Waals surface area contributed by atoms with E-state index in [2.05, 4.69) is 0 Å². The topological polar surface area (TPSA) is 46.2 Å². The maximum Gasteiger partial charge on any atom is 0.145 e. The van der Waals surface area contributed by atoms with Gasteiger partial charge in [-0.15, -0.1) is 0 Å². The molecule has 14 heavy (non-hydrogen) atoms. The number of hydrogen-bond acceptors (Lipinski definition) is 3. The zero-order chi connectivity index (χ0) is 10.4. The molecule has 2 aromatic heterocycles. The Morgan fingerprint density at radius 3 is 2.29 bits per heavy atom. The van der Waals surface area contributed by atoms with Crippen molar-refractivity contribution in [3.8, 4) is 6.07 Å². The second-order valence-corrected chi connectivity index (χ2v) is 2.65. The average Bonchev–Trinajstić information content (AvgIpc) is 2.80. The van der Waals surface area contributed by atoms with Crippen molar-refractivity contribution in [3.05, 3.63) is 23.8 Å². The van der Waals surface area contributed by atoms with Crippen LogP contribution in [0.25, 0.3) is 11.2 Å². The van der Waals surface area contributed by atoms with Crippen LogP contribution in [0.5, 0.6) is 0 Å². The number of nitrogens with zero attached hydrogens (tertiary/aromatic N) is 1. The predicted octanol–water partition coefficient (Wildman–Crippen LogP) is 2.79. The van der Waals surface area contributed by atoms with Crippen LogP contribution in [0.15, 0.2) is 22.6 Å². The fourth-order valence-corrected chi connectivity index (χ4v) is 1.08. The van der Waals surface area contributed by atoms with Crippen LogP contribution < -0.4 is 0 Å². The number of rotatable bonds is 2. The van der Waals surface area contributed by atoms with Gasteiger partial charge < -0.3 is 9.15 Å². The Balaban J connectivity index is 0.000000171. The first-order valence-electron chi connectivity index (χ1n) is 4.61. The molecule has 3 heteroatoms. The van der Waals surface area contributed by atoms with Crippen LogP contribution in [0.3, 0.4) is 0 Å². The molecule has 0 aliphatic heterocycles. The maximum atomic E-state index is 8.42. The third kappa shape index (κ3) is 2.48. The van der Waals surface area contributed by atoms with Crippen molar-refractivity contribution in [2.75, 3.05) is 13.2 Å². The summed E-state index contributed by atoms with van der Waals surface area (Å²) in [6, 6.07) is 7.40. The normalized spacial score (nSPS) is 9.50. The van der Waals surface area contributed by atoms with Gasteiger partial charge in [0.2, 0.25) is 0 Å². The van der Waals surface area contributed by atoms with Crippen molar-refractivity contribution in [1.29, 1.82) is 5.26 Å². The van der Waals surface area contributed by atoms with Gasteiger partial charge in [-0.3, -0.25) is 0 Å². The molecule has 3 nitrogen and oxygen atoms in total. The number of ether oxygens (including phenoxy) is 1. The molecular weight excluding hydrogens is 178 g/mol. The zero-order valence-electron chi connectivity index (χ0n) is 8.41. The Kier molecular flexibility index (Phi) is 3.96. The lowest BCUT2D eigenvalue weighted by Gasteiger charge is -1.86. The smallest absolute Gasteiger partial charge is 0.145 e. The van der Waals surface area contributed by atoms with E-state index in [0.29, 0.717) is 11.1 Å². The highest BCUT2D eigenvalue weighted by molar-refractivity contribution is 5.69. The van der Waals surface area contributed by atoms with E-state index in [0.717, 1.165) is 18.8 Å². The molecule has 0 saturated heterocycles. The summed E-state index contributed by atoms with van der Waals surface area (Å²) in [5.74, 6) is 0. The summed E-state index contributed by atoms with van der Waals surface area (Å²) in [5.41, 5.74) is 2.10. The van der Waals surface area contributed by atoms with Gasteiger partial charge in [-0.1, -0.05) is 0 Å². The van der Waals surface area contributed by atoms with Gasteiger partial charge >= 0.3 is 0 Å². The Hall–Kier alpha value is -1.53. The van der Waals surface area contributed by atoms with E-state index in [1.165, 1.54) is 0 Å². The first kappa shape index (κ1) is 10.6. The van der Waals surface area contributed by atoms with Gasteiger partial charge in [0.25, 0.3) is 0 Å². The van der Waals surface area contributed by atoms with Crippen molar-refractivity contribution in [2.24, 2.45) is 0 Å². The van der Waals surface area contributed by atoms with Crippen LogP contribution in [-0.4, -0.2) is 13.2 Å². The molecule has 0 aromatic carbocycles. The lowest BCUT2D eigenvalue weighted by molar-refractivity contribution is 0.162. The summed E-state index contributed by atoms with van der Waals surface area (Å²) >= 11 is 0. The molecule has 74 valence electrons. The van der Waals surface area contributed by atoms with E-state index in [9.17, 15) is 0 Å². The monoisotopic (exact) mass is 191 g/mol. The number of furan rings is 2. The molecule has 0 fully saturated rings. The summed E-state index contributed by atoms with van der Waals surface area (Å²) in [7, 11) is 0. The number of benzene rings is 1. The fraction of sp³-hybridized carbons (Fsp3) is 0.364. The maximum absolute atomic E-state index is 8.42. The molecule has 0 atom stereocenters. The van der Waals surface area contributed by atoms with Gasteiger partial charge in [0.05, 0.1) is 5.56 Å². The average molecular weight is 191 g/mol. The molecule has 0 radical (unpaired) electrons. The van der Waals surface area contributed by atoms with Crippen LogP contribution in [0.2, 0.25) is 0 Å². The molecule has 2 heterocycles. The van der Waals surface area contributed by atoms with E-state index >= 15 is 0 Å². The van der Waals surface area contributed by atoms with Crippen LogP contribution in [0, 0.1) is 11.3 Å². The minimum Gasteiger partial charge on any atom is -0.456 e. The summed E-state index contributed by atoms with van der Waals surface area (Å²) in [4.78, 5) is 0. The van der Waals surface area contributed by atoms with Crippen molar-refractivity contribution >= 4 is 11.2 Å². The summed E-state index contributed by atoms with van der Waals surface area (Å²) in [6.07, 6.45) is 0. The standard InChI is InChI=1S/C7H3NO.C4H10O/c8-4-5-3-6-1-2-7(5)9-6;1-3-5-4-2/h1-3H;3-4H2,1-2H3. The SMILES string of the molecule is CCOCC.N#Cc1cc2ccc1o2. The van der Waals surface area contributed by atoms with E-state index in [-0.39, 0.29) is 0 Å². The van der Waals surface area contributed by atoms with Gasteiger partial charge in [0.15, 0.2) is 0 Å². The number of hydrogen-bond donors (Lipinski definition) is 0. The second kappa shape index (κ2) is 5.25. The molecule has 2 aromatic rings. The van der Waals surface area contributed by atoms with E-state index in [1.807, 2.05) is 26.0 Å².